The number of nitrogens with one attached hydrogen (secondary N) is 1. The van der Waals surface area contributed by atoms with Crippen LogP contribution in [0.25, 0.3) is 0 Å². The Bertz CT molecular complexity index is 332. The molecule has 0 atom stereocenters. The molecule has 0 aromatic rings. The minimum Gasteiger partial charge on any atom is -0.478 e. The molecule has 0 aliphatic carbocycles. The van der Waals surface area contributed by atoms with Crippen molar-refractivity contribution in [3.8, 4) is 0 Å². The van der Waals surface area contributed by atoms with E-state index in [9.17, 15) is 14.4 Å². The van der Waals surface area contributed by atoms with Gasteiger partial charge in [0.25, 0.3) is 0 Å². The Labute approximate surface area is 99.3 Å². The number of likely N-dealkylation sites (tertiary alicyclic amines) is 1. The summed E-state index contributed by atoms with van der Waals surface area (Å²) < 4.78 is 0. The lowest BCUT2D eigenvalue weighted by Gasteiger charge is -2.14. The van der Waals surface area contributed by atoms with E-state index in [2.05, 4.69) is 5.32 Å². The summed E-state index contributed by atoms with van der Waals surface area (Å²) in [7, 11) is 0. The van der Waals surface area contributed by atoms with E-state index in [0.717, 1.165) is 38.1 Å². The summed E-state index contributed by atoms with van der Waals surface area (Å²) in [5.74, 6) is -1.64. The zero-order chi connectivity index (χ0) is 12.7. The minimum absolute atomic E-state index is 0.0324. The van der Waals surface area contributed by atoms with Crippen LogP contribution in [0.15, 0.2) is 12.2 Å². The van der Waals surface area contributed by atoms with Crippen molar-refractivity contribution in [1.29, 1.82) is 0 Å². The standard InChI is InChI=1S/C11H16N2O4/c14-9(3-4-11(16)17)12-6-5-10(15)13-7-1-2-8-13/h3-4H,1-2,5-8H2,(H,12,14)(H,16,17)/b4-3+. The fourth-order valence-corrected chi connectivity index (χ4v) is 1.62. The van der Waals surface area contributed by atoms with Gasteiger partial charge in [0, 0.05) is 38.2 Å². The zero-order valence-corrected chi connectivity index (χ0v) is 9.52. The predicted molar refractivity (Wildman–Crippen MR) is 60.2 cm³/mol. The van der Waals surface area contributed by atoms with E-state index < -0.39 is 11.9 Å². The Morgan fingerprint density at radius 2 is 1.82 bits per heavy atom. The molecule has 1 fully saturated rings. The Kier molecular flexibility index (Phi) is 5.19. The topological polar surface area (TPSA) is 86.7 Å². The number of amides is 2. The van der Waals surface area contributed by atoms with Crippen LogP contribution in [-0.4, -0.2) is 47.4 Å². The van der Waals surface area contributed by atoms with Crippen LogP contribution in [0.2, 0.25) is 0 Å². The molecule has 6 heteroatoms. The molecule has 0 unspecified atom stereocenters. The number of rotatable bonds is 5. The molecule has 94 valence electrons. The maximum atomic E-state index is 11.6. The highest BCUT2D eigenvalue weighted by atomic mass is 16.4. The van der Waals surface area contributed by atoms with Crippen LogP contribution in [0.3, 0.4) is 0 Å². The van der Waals surface area contributed by atoms with Crippen LogP contribution >= 0.6 is 0 Å². The van der Waals surface area contributed by atoms with Crippen molar-refractivity contribution in [3.63, 3.8) is 0 Å². The highest BCUT2D eigenvalue weighted by molar-refractivity contribution is 5.94. The molecule has 0 saturated carbocycles. The largest absolute Gasteiger partial charge is 0.478 e. The van der Waals surface area contributed by atoms with E-state index in [-0.39, 0.29) is 18.9 Å². The average Bonchev–Trinajstić information content (AvgIpc) is 2.79. The Hall–Kier alpha value is -1.85. The lowest BCUT2D eigenvalue weighted by Crippen LogP contribution is -2.32. The second kappa shape index (κ2) is 6.67. The van der Waals surface area contributed by atoms with Gasteiger partial charge in [0.2, 0.25) is 11.8 Å². The predicted octanol–water partition coefficient (Wildman–Crippen LogP) is -0.244. The van der Waals surface area contributed by atoms with E-state index in [4.69, 9.17) is 5.11 Å². The Morgan fingerprint density at radius 1 is 1.18 bits per heavy atom. The first-order valence-corrected chi connectivity index (χ1v) is 5.56. The number of carboxylic acids is 1. The smallest absolute Gasteiger partial charge is 0.328 e. The summed E-state index contributed by atoms with van der Waals surface area (Å²) in [4.78, 5) is 34.5. The molecule has 6 nitrogen and oxygen atoms in total. The van der Waals surface area contributed by atoms with Gasteiger partial charge in [-0.3, -0.25) is 9.59 Å². The highest BCUT2D eigenvalue weighted by Gasteiger charge is 2.17. The van der Waals surface area contributed by atoms with Gasteiger partial charge in [-0.2, -0.15) is 0 Å². The maximum Gasteiger partial charge on any atom is 0.328 e. The van der Waals surface area contributed by atoms with Crippen LogP contribution in [0, 0.1) is 0 Å². The van der Waals surface area contributed by atoms with Crippen molar-refractivity contribution < 1.29 is 19.5 Å². The van der Waals surface area contributed by atoms with Crippen molar-refractivity contribution in [1.82, 2.24) is 10.2 Å². The minimum atomic E-state index is -1.17. The lowest BCUT2D eigenvalue weighted by molar-refractivity contribution is -0.132. The molecule has 0 spiro atoms. The molecule has 1 aliphatic rings. The molecule has 17 heavy (non-hydrogen) atoms. The van der Waals surface area contributed by atoms with Crippen molar-refractivity contribution in [3.05, 3.63) is 12.2 Å². The molecule has 1 rings (SSSR count). The molecule has 0 bridgehead atoms. The number of carbonyl (C=O) groups is 3. The van der Waals surface area contributed by atoms with E-state index in [1.54, 1.807) is 4.90 Å². The highest BCUT2D eigenvalue weighted by Crippen LogP contribution is 2.08. The first kappa shape index (κ1) is 13.2. The van der Waals surface area contributed by atoms with Gasteiger partial charge in [-0.25, -0.2) is 4.79 Å². The van der Waals surface area contributed by atoms with E-state index in [1.165, 1.54) is 0 Å². The van der Waals surface area contributed by atoms with Gasteiger partial charge in [-0.1, -0.05) is 0 Å². The summed E-state index contributed by atoms with van der Waals surface area (Å²) in [6.07, 6.45) is 4.03. The fraction of sp³-hybridized carbons (Fsp3) is 0.545. The van der Waals surface area contributed by atoms with Gasteiger partial charge in [0.05, 0.1) is 0 Å². The summed E-state index contributed by atoms with van der Waals surface area (Å²) in [6.45, 7) is 1.83. The van der Waals surface area contributed by atoms with Crippen molar-refractivity contribution in [2.75, 3.05) is 19.6 Å². The SMILES string of the molecule is O=C(O)/C=C/C(=O)NCCC(=O)N1CCCC1. The van der Waals surface area contributed by atoms with Gasteiger partial charge in [0.1, 0.15) is 0 Å². The van der Waals surface area contributed by atoms with Gasteiger partial charge in [-0.05, 0) is 12.8 Å². The summed E-state index contributed by atoms with van der Waals surface area (Å²) in [6, 6.07) is 0. The van der Waals surface area contributed by atoms with E-state index in [0.29, 0.717) is 0 Å². The number of hydrogen-bond donors (Lipinski definition) is 2. The second-order valence-electron chi connectivity index (χ2n) is 3.80. The molecule has 1 saturated heterocycles. The number of nitrogens with zero attached hydrogens (tertiary/aromatic N) is 1. The number of aliphatic carboxylic acids is 1. The van der Waals surface area contributed by atoms with Crippen LogP contribution < -0.4 is 5.32 Å². The molecule has 0 radical (unpaired) electrons. The first-order valence-electron chi connectivity index (χ1n) is 5.56. The second-order valence-corrected chi connectivity index (χ2v) is 3.80. The summed E-state index contributed by atoms with van der Waals surface area (Å²) in [5.41, 5.74) is 0. The lowest BCUT2D eigenvalue weighted by atomic mass is 10.3. The first-order chi connectivity index (χ1) is 8.09. The Balaban J connectivity index is 2.16. The molecule has 1 heterocycles. The number of carboxylic acid groups (broad SMARTS) is 1. The monoisotopic (exact) mass is 240 g/mol. The van der Waals surface area contributed by atoms with Crippen LogP contribution in [0.4, 0.5) is 0 Å². The molecular formula is C11H16N2O4. The normalized spacial score (nSPS) is 15.2. The maximum absolute atomic E-state index is 11.6. The molecule has 2 N–H and O–H groups in total. The third-order valence-corrected chi connectivity index (χ3v) is 2.47. The summed E-state index contributed by atoms with van der Waals surface area (Å²) >= 11 is 0. The zero-order valence-electron chi connectivity index (χ0n) is 9.52. The van der Waals surface area contributed by atoms with Crippen molar-refractivity contribution in [2.24, 2.45) is 0 Å². The Morgan fingerprint density at radius 3 is 2.41 bits per heavy atom. The van der Waals surface area contributed by atoms with E-state index in [1.807, 2.05) is 0 Å². The van der Waals surface area contributed by atoms with Crippen LogP contribution in [-0.2, 0) is 14.4 Å². The van der Waals surface area contributed by atoms with Crippen molar-refractivity contribution >= 4 is 17.8 Å². The number of carbonyl (C=O) groups excluding carboxylic acids is 2. The average molecular weight is 240 g/mol. The number of hydrogen-bond acceptors (Lipinski definition) is 3. The van der Waals surface area contributed by atoms with Crippen molar-refractivity contribution in [2.45, 2.75) is 19.3 Å². The van der Waals surface area contributed by atoms with Gasteiger partial charge < -0.3 is 15.3 Å². The van der Waals surface area contributed by atoms with E-state index >= 15 is 0 Å². The molecule has 2 amide bonds. The van der Waals surface area contributed by atoms with Crippen LogP contribution in [0.5, 0.6) is 0 Å². The van der Waals surface area contributed by atoms with Gasteiger partial charge in [-0.15, -0.1) is 0 Å². The summed E-state index contributed by atoms with van der Waals surface area (Å²) in [5, 5.41) is 10.7. The molecule has 0 aromatic heterocycles. The van der Waals surface area contributed by atoms with Gasteiger partial charge in [0.15, 0.2) is 0 Å². The molecule has 0 aromatic carbocycles. The third kappa shape index (κ3) is 5.14. The van der Waals surface area contributed by atoms with Gasteiger partial charge >= 0.3 is 5.97 Å². The fourth-order valence-electron chi connectivity index (χ4n) is 1.62. The van der Waals surface area contributed by atoms with Crippen LogP contribution in [0.1, 0.15) is 19.3 Å². The molecular weight excluding hydrogens is 224 g/mol. The molecule has 1 aliphatic heterocycles. The quantitative estimate of drug-likeness (QED) is 0.649. The third-order valence-electron chi connectivity index (χ3n) is 2.47.